The van der Waals surface area contributed by atoms with Crippen LogP contribution in [0, 0.1) is 17.5 Å². The van der Waals surface area contributed by atoms with Crippen molar-refractivity contribution >= 4 is 33.2 Å². The summed E-state index contributed by atoms with van der Waals surface area (Å²) < 4.78 is 45.0. The number of fused-ring (bicyclic) bond motifs is 1. The summed E-state index contributed by atoms with van der Waals surface area (Å²) in [6, 6.07) is 8.46. The van der Waals surface area contributed by atoms with Gasteiger partial charge in [0.2, 0.25) is 0 Å². The molecule has 0 saturated carbocycles. The van der Waals surface area contributed by atoms with E-state index < -0.39 is 35.8 Å². The second-order valence-electron chi connectivity index (χ2n) is 4.89. The number of Topliss-reactive ketones (excluding diaryl/α,β-unsaturated/α-hetero) is 1. The highest BCUT2D eigenvalue weighted by atomic mass is 32.1. The zero-order valence-corrected chi connectivity index (χ0v) is 12.8. The number of halogens is 3. The molecule has 0 saturated heterocycles. The Morgan fingerprint density at radius 3 is 2.46 bits per heavy atom. The predicted molar refractivity (Wildman–Crippen MR) is 82.8 cm³/mol. The smallest absolute Gasteiger partial charge is 0.348 e. The van der Waals surface area contributed by atoms with E-state index in [2.05, 4.69) is 0 Å². The molecule has 0 aliphatic heterocycles. The summed E-state index contributed by atoms with van der Waals surface area (Å²) >= 11 is 1.04. The van der Waals surface area contributed by atoms with Gasteiger partial charge in [0.15, 0.2) is 24.0 Å². The van der Waals surface area contributed by atoms with Gasteiger partial charge < -0.3 is 4.74 Å². The molecule has 0 aliphatic carbocycles. The Bertz CT molecular complexity index is 949. The van der Waals surface area contributed by atoms with Crippen molar-refractivity contribution in [1.29, 1.82) is 0 Å². The van der Waals surface area contributed by atoms with Gasteiger partial charge in [-0.05, 0) is 36.4 Å². The monoisotopic (exact) mass is 350 g/mol. The van der Waals surface area contributed by atoms with Crippen LogP contribution in [-0.2, 0) is 4.74 Å². The van der Waals surface area contributed by atoms with Gasteiger partial charge >= 0.3 is 5.97 Å². The predicted octanol–water partition coefficient (Wildman–Crippen LogP) is 4.36. The lowest BCUT2D eigenvalue weighted by molar-refractivity contribution is 0.0479. The fourth-order valence-electron chi connectivity index (χ4n) is 2.08. The molecular weight excluding hydrogens is 341 g/mol. The number of hydrogen-bond donors (Lipinski definition) is 0. The average molecular weight is 350 g/mol. The summed E-state index contributed by atoms with van der Waals surface area (Å²) in [5, 5.41) is 0.293. The van der Waals surface area contributed by atoms with Gasteiger partial charge in [0.05, 0.1) is 0 Å². The Morgan fingerprint density at radius 1 is 0.958 bits per heavy atom. The molecule has 3 aromatic rings. The Labute approximate surface area is 138 Å². The summed E-state index contributed by atoms with van der Waals surface area (Å²) in [4.78, 5) is 24.0. The van der Waals surface area contributed by atoms with Gasteiger partial charge in [-0.1, -0.05) is 6.07 Å². The minimum Gasteiger partial charge on any atom is -0.453 e. The number of carbonyl (C=O) groups is 2. The lowest BCUT2D eigenvalue weighted by Gasteiger charge is -2.03. The molecule has 0 aliphatic rings. The fraction of sp³-hybridized carbons (Fsp3) is 0.0588. The van der Waals surface area contributed by atoms with Crippen molar-refractivity contribution in [2.24, 2.45) is 0 Å². The normalized spacial score (nSPS) is 10.8. The first-order chi connectivity index (χ1) is 11.5. The first-order valence-electron chi connectivity index (χ1n) is 6.79. The van der Waals surface area contributed by atoms with E-state index in [0.29, 0.717) is 10.1 Å². The third-order valence-electron chi connectivity index (χ3n) is 3.29. The first-order valence-corrected chi connectivity index (χ1v) is 7.61. The molecule has 7 heteroatoms. The largest absolute Gasteiger partial charge is 0.453 e. The summed E-state index contributed by atoms with van der Waals surface area (Å²) in [7, 11) is 0. The third kappa shape index (κ3) is 3.16. The van der Waals surface area contributed by atoms with Gasteiger partial charge in [-0.25, -0.2) is 18.0 Å². The molecule has 1 aromatic heterocycles. The standard InChI is InChI=1S/C17H9F3O3S/c18-11-2-1-3-15-10(11)7-16(24-15)17(22)23-8-14(21)9-4-5-12(19)13(20)6-9/h1-7H,8H2. The first kappa shape index (κ1) is 16.2. The topological polar surface area (TPSA) is 43.4 Å². The maximum absolute atomic E-state index is 13.6. The molecule has 1 heterocycles. The van der Waals surface area contributed by atoms with E-state index in [9.17, 15) is 22.8 Å². The zero-order valence-electron chi connectivity index (χ0n) is 12.0. The van der Waals surface area contributed by atoms with Crippen molar-refractivity contribution in [3.8, 4) is 0 Å². The zero-order chi connectivity index (χ0) is 17.3. The molecular formula is C17H9F3O3S. The van der Waals surface area contributed by atoms with E-state index in [4.69, 9.17) is 4.74 Å². The van der Waals surface area contributed by atoms with Crippen LogP contribution in [0.25, 0.3) is 10.1 Å². The van der Waals surface area contributed by atoms with Gasteiger partial charge in [0.1, 0.15) is 10.7 Å². The van der Waals surface area contributed by atoms with Crippen molar-refractivity contribution < 1.29 is 27.5 Å². The lowest BCUT2D eigenvalue weighted by atomic mass is 10.1. The summed E-state index contributed by atoms with van der Waals surface area (Å²) in [5.41, 5.74) is -0.107. The molecule has 3 nitrogen and oxygen atoms in total. The van der Waals surface area contributed by atoms with E-state index in [1.807, 2.05) is 0 Å². The molecule has 2 aromatic carbocycles. The highest BCUT2D eigenvalue weighted by Gasteiger charge is 2.16. The molecule has 122 valence electrons. The van der Waals surface area contributed by atoms with Crippen LogP contribution in [-0.4, -0.2) is 18.4 Å². The third-order valence-corrected chi connectivity index (χ3v) is 4.37. The van der Waals surface area contributed by atoms with Crippen molar-refractivity contribution in [3.05, 3.63) is 70.4 Å². The van der Waals surface area contributed by atoms with Gasteiger partial charge in [0, 0.05) is 15.6 Å². The van der Waals surface area contributed by atoms with Gasteiger partial charge in [-0.2, -0.15) is 0 Å². The molecule has 0 amide bonds. The van der Waals surface area contributed by atoms with Crippen LogP contribution in [0.5, 0.6) is 0 Å². The number of ketones is 1. The molecule has 0 radical (unpaired) electrons. The maximum Gasteiger partial charge on any atom is 0.348 e. The molecule has 0 unspecified atom stereocenters. The second-order valence-corrected chi connectivity index (χ2v) is 5.97. The summed E-state index contributed by atoms with van der Waals surface area (Å²) in [6.45, 7) is -0.624. The second kappa shape index (κ2) is 6.45. The molecule has 0 atom stereocenters. The van der Waals surface area contributed by atoms with Gasteiger partial charge in [-0.3, -0.25) is 4.79 Å². The highest BCUT2D eigenvalue weighted by molar-refractivity contribution is 7.20. The number of benzene rings is 2. The van der Waals surface area contributed by atoms with E-state index >= 15 is 0 Å². The fourth-order valence-corrected chi connectivity index (χ4v) is 3.05. The SMILES string of the molecule is O=C(COC(=O)c1cc2c(F)cccc2s1)c1ccc(F)c(F)c1. The number of esters is 1. The molecule has 3 rings (SSSR count). The highest BCUT2D eigenvalue weighted by Crippen LogP contribution is 2.28. The Hall–Kier alpha value is -2.67. The summed E-state index contributed by atoms with van der Waals surface area (Å²) in [6.07, 6.45) is 0. The minimum absolute atomic E-state index is 0.107. The maximum atomic E-state index is 13.6. The molecule has 0 spiro atoms. The van der Waals surface area contributed by atoms with Crippen LogP contribution in [0.15, 0.2) is 42.5 Å². The average Bonchev–Trinajstić information content (AvgIpc) is 3.00. The molecule has 0 fully saturated rings. The number of rotatable bonds is 4. The van der Waals surface area contributed by atoms with E-state index in [0.717, 1.165) is 29.5 Å². The lowest BCUT2D eigenvalue weighted by Crippen LogP contribution is -2.13. The van der Waals surface area contributed by atoms with Crippen molar-refractivity contribution in [2.45, 2.75) is 0 Å². The van der Waals surface area contributed by atoms with E-state index in [1.165, 1.54) is 18.2 Å². The van der Waals surface area contributed by atoms with Crippen LogP contribution in [0.1, 0.15) is 20.0 Å². The molecule has 0 N–H and O–H groups in total. The van der Waals surface area contributed by atoms with Crippen LogP contribution in [0.2, 0.25) is 0 Å². The van der Waals surface area contributed by atoms with Crippen LogP contribution >= 0.6 is 11.3 Å². The Kier molecular flexibility index (Phi) is 4.35. The van der Waals surface area contributed by atoms with E-state index in [1.54, 1.807) is 6.07 Å². The molecule has 24 heavy (non-hydrogen) atoms. The van der Waals surface area contributed by atoms with Gasteiger partial charge in [-0.15, -0.1) is 11.3 Å². The Balaban J connectivity index is 1.71. The molecule has 0 bridgehead atoms. The summed E-state index contributed by atoms with van der Waals surface area (Å²) in [5.74, 6) is -4.15. The van der Waals surface area contributed by atoms with Gasteiger partial charge in [0.25, 0.3) is 0 Å². The van der Waals surface area contributed by atoms with Crippen LogP contribution in [0.3, 0.4) is 0 Å². The van der Waals surface area contributed by atoms with Crippen molar-refractivity contribution in [3.63, 3.8) is 0 Å². The number of hydrogen-bond acceptors (Lipinski definition) is 4. The number of thiophene rings is 1. The Morgan fingerprint density at radius 2 is 1.75 bits per heavy atom. The van der Waals surface area contributed by atoms with Crippen LogP contribution < -0.4 is 0 Å². The van der Waals surface area contributed by atoms with Crippen molar-refractivity contribution in [2.75, 3.05) is 6.61 Å². The number of ether oxygens (including phenoxy) is 1. The van der Waals surface area contributed by atoms with E-state index in [-0.39, 0.29) is 10.4 Å². The quantitative estimate of drug-likeness (QED) is 0.519. The number of carbonyl (C=O) groups excluding carboxylic acids is 2. The minimum atomic E-state index is -1.16. The van der Waals surface area contributed by atoms with Crippen LogP contribution in [0.4, 0.5) is 13.2 Å². The van der Waals surface area contributed by atoms with Crippen molar-refractivity contribution in [1.82, 2.24) is 0 Å².